The van der Waals surface area contributed by atoms with Gasteiger partial charge in [0.15, 0.2) is 0 Å². The molecule has 0 saturated heterocycles. The van der Waals surface area contributed by atoms with Gasteiger partial charge in [-0.15, -0.1) is 0 Å². The first kappa shape index (κ1) is 13.5. The van der Waals surface area contributed by atoms with Crippen molar-refractivity contribution in [1.29, 1.82) is 0 Å². The van der Waals surface area contributed by atoms with E-state index in [0.717, 1.165) is 16.9 Å². The Bertz CT molecular complexity index is 543. The predicted molar refractivity (Wildman–Crippen MR) is 73.6 cm³/mol. The number of benzene rings is 1. The highest BCUT2D eigenvalue weighted by atomic mass is 16.5. The summed E-state index contributed by atoms with van der Waals surface area (Å²) in [6.45, 7) is 3.14. The summed E-state index contributed by atoms with van der Waals surface area (Å²) in [4.78, 5) is 23.4. The van der Waals surface area contributed by atoms with Crippen LogP contribution in [0.2, 0.25) is 0 Å². The predicted octanol–water partition coefficient (Wildman–Crippen LogP) is 2.96. The molecular formula is C16H18O3. The van der Waals surface area contributed by atoms with Crippen LogP contribution in [0.4, 0.5) is 0 Å². The number of Topliss-reactive ketones (excluding diaryl/α,β-unsaturated/α-hetero) is 2. The number of carbonyl (C=O) groups is 2. The van der Waals surface area contributed by atoms with Crippen molar-refractivity contribution in [3.63, 3.8) is 0 Å². The highest BCUT2D eigenvalue weighted by molar-refractivity contribution is 5.89. The van der Waals surface area contributed by atoms with Gasteiger partial charge >= 0.3 is 0 Å². The molecule has 0 amide bonds. The summed E-state index contributed by atoms with van der Waals surface area (Å²) in [6, 6.07) is 7.73. The zero-order valence-corrected chi connectivity index (χ0v) is 11.5. The molecule has 0 unspecified atom stereocenters. The first-order valence-corrected chi connectivity index (χ1v) is 6.39. The highest BCUT2D eigenvalue weighted by Crippen LogP contribution is 2.40. The molecular weight excluding hydrogens is 240 g/mol. The van der Waals surface area contributed by atoms with E-state index in [4.69, 9.17) is 4.74 Å². The van der Waals surface area contributed by atoms with E-state index in [1.54, 1.807) is 21.0 Å². The molecule has 3 heteroatoms. The molecule has 0 aliphatic heterocycles. The van der Waals surface area contributed by atoms with Gasteiger partial charge in [-0.05, 0) is 25.5 Å². The number of carbonyl (C=O) groups excluding carboxylic acids is 2. The smallest absolute Gasteiger partial charge is 0.137 e. The third-order valence-electron chi connectivity index (χ3n) is 3.54. The maximum Gasteiger partial charge on any atom is 0.137 e. The fourth-order valence-corrected chi connectivity index (χ4v) is 2.81. The van der Waals surface area contributed by atoms with Crippen LogP contribution in [0.3, 0.4) is 0 Å². The molecule has 1 aromatic rings. The number of rotatable bonds is 4. The van der Waals surface area contributed by atoms with E-state index in [0.29, 0.717) is 6.42 Å². The second kappa shape index (κ2) is 5.39. The van der Waals surface area contributed by atoms with Gasteiger partial charge in [0.2, 0.25) is 0 Å². The number of ether oxygens (including phenoxy) is 1. The Morgan fingerprint density at radius 3 is 2.47 bits per heavy atom. The van der Waals surface area contributed by atoms with Gasteiger partial charge in [-0.3, -0.25) is 4.79 Å². The van der Waals surface area contributed by atoms with Gasteiger partial charge in [-0.2, -0.15) is 0 Å². The highest BCUT2D eigenvalue weighted by Gasteiger charge is 2.33. The van der Waals surface area contributed by atoms with Crippen molar-refractivity contribution in [2.45, 2.75) is 26.2 Å². The number of ketones is 2. The Labute approximate surface area is 113 Å². The molecule has 1 aliphatic rings. The molecule has 3 nitrogen and oxygen atoms in total. The Morgan fingerprint density at radius 2 is 1.89 bits per heavy atom. The quantitative estimate of drug-likeness (QED) is 0.834. The molecule has 0 N–H and O–H groups in total. The van der Waals surface area contributed by atoms with Crippen molar-refractivity contribution in [2.75, 3.05) is 7.11 Å². The first-order chi connectivity index (χ1) is 9.04. The second-order valence-electron chi connectivity index (χ2n) is 4.98. The van der Waals surface area contributed by atoms with Crippen LogP contribution >= 0.6 is 0 Å². The van der Waals surface area contributed by atoms with E-state index in [2.05, 4.69) is 0 Å². The molecule has 2 rings (SSSR count). The van der Waals surface area contributed by atoms with Gasteiger partial charge in [0, 0.05) is 23.8 Å². The average Bonchev–Trinajstić information content (AvgIpc) is 2.36. The summed E-state index contributed by atoms with van der Waals surface area (Å²) in [5.41, 5.74) is 1.91. The average molecular weight is 258 g/mol. The van der Waals surface area contributed by atoms with Gasteiger partial charge < -0.3 is 9.53 Å². The van der Waals surface area contributed by atoms with Crippen LogP contribution in [0.1, 0.15) is 37.3 Å². The van der Waals surface area contributed by atoms with E-state index in [9.17, 15) is 9.59 Å². The lowest BCUT2D eigenvalue weighted by Gasteiger charge is -2.30. The van der Waals surface area contributed by atoms with E-state index in [-0.39, 0.29) is 23.4 Å². The molecule has 0 aromatic heterocycles. The maximum absolute atomic E-state index is 12.0. The summed E-state index contributed by atoms with van der Waals surface area (Å²) >= 11 is 0. The molecule has 1 aromatic carbocycles. The molecule has 0 heterocycles. The fraction of sp³-hybridized carbons (Fsp3) is 0.375. The zero-order chi connectivity index (χ0) is 14.0. The van der Waals surface area contributed by atoms with Crippen LogP contribution in [0, 0.1) is 5.92 Å². The maximum atomic E-state index is 12.0. The standard InChI is InChI=1S/C16H18O3/c1-10(17)8-12-9-15(19-3)13-6-4-5-7-14(13)16(12)11(2)18/h4-7,9,12,16H,8H2,1-3H3/t12-,16-/m0/s1. The number of hydrogen-bond donors (Lipinski definition) is 0. The molecule has 0 saturated carbocycles. The molecule has 100 valence electrons. The molecule has 0 bridgehead atoms. The van der Waals surface area contributed by atoms with E-state index >= 15 is 0 Å². The first-order valence-electron chi connectivity index (χ1n) is 6.39. The van der Waals surface area contributed by atoms with Crippen LogP contribution in [-0.4, -0.2) is 18.7 Å². The summed E-state index contributed by atoms with van der Waals surface area (Å²) in [7, 11) is 1.61. The number of allylic oxidation sites excluding steroid dienone is 1. The van der Waals surface area contributed by atoms with Crippen LogP contribution in [-0.2, 0) is 14.3 Å². The van der Waals surface area contributed by atoms with Crippen LogP contribution < -0.4 is 0 Å². The lowest BCUT2D eigenvalue weighted by molar-refractivity contribution is -0.120. The monoisotopic (exact) mass is 258 g/mol. The number of methoxy groups -OCH3 is 1. The second-order valence-corrected chi connectivity index (χ2v) is 4.98. The third kappa shape index (κ3) is 2.60. The summed E-state index contributed by atoms with van der Waals surface area (Å²) in [5.74, 6) is 0.561. The third-order valence-corrected chi connectivity index (χ3v) is 3.54. The minimum atomic E-state index is -0.251. The fourth-order valence-electron chi connectivity index (χ4n) is 2.81. The Balaban J connectivity index is 2.53. The summed E-state index contributed by atoms with van der Waals surface area (Å²) in [6.07, 6.45) is 2.28. The molecule has 0 radical (unpaired) electrons. The minimum absolute atomic E-state index is 0.0855. The molecule has 2 atom stereocenters. The molecule has 0 spiro atoms. The van der Waals surface area contributed by atoms with Crippen molar-refractivity contribution in [1.82, 2.24) is 0 Å². The molecule has 0 fully saturated rings. The Hall–Kier alpha value is -1.90. The largest absolute Gasteiger partial charge is 0.496 e. The van der Waals surface area contributed by atoms with Crippen molar-refractivity contribution < 1.29 is 14.3 Å². The van der Waals surface area contributed by atoms with Crippen molar-refractivity contribution in [3.8, 4) is 0 Å². The van der Waals surface area contributed by atoms with Crippen LogP contribution in [0.15, 0.2) is 30.3 Å². The lowest BCUT2D eigenvalue weighted by atomic mass is 9.74. The van der Waals surface area contributed by atoms with Crippen LogP contribution in [0.25, 0.3) is 5.76 Å². The number of hydrogen-bond acceptors (Lipinski definition) is 3. The van der Waals surface area contributed by atoms with Gasteiger partial charge in [0.25, 0.3) is 0 Å². The Morgan fingerprint density at radius 1 is 1.21 bits per heavy atom. The SMILES string of the molecule is COC1=C[C@H](CC(C)=O)[C@H](C(C)=O)c2ccccc21. The van der Waals surface area contributed by atoms with Crippen molar-refractivity contribution in [2.24, 2.45) is 5.92 Å². The normalized spacial score (nSPS) is 21.3. The topological polar surface area (TPSA) is 43.4 Å². The van der Waals surface area contributed by atoms with Crippen molar-refractivity contribution >= 4 is 17.3 Å². The Kier molecular flexibility index (Phi) is 3.84. The van der Waals surface area contributed by atoms with Gasteiger partial charge in [-0.1, -0.05) is 24.3 Å². The molecule has 19 heavy (non-hydrogen) atoms. The van der Waals surface area contributed by atoms with Gasteiger partial charge in [0.05, 0.1) is 7.11 Å². The van der Waals surface area contributed by atoms with Crippen LogP contribution in [0.5, 0.6) is 0 Å². The van der Waals surface area contributed by atoms with Gasteiger partial charge in [0.1, 0.15) is 17.3 Å². The lowest BCUT2D eigenvalue weighted by Crippen LogP contribution is -2.25. The summed E-state index contributed by atoms with van der Waals surface area (Å²) < 4.78 is 5.40. The van der Waals surface area contributed by atoms with E-state index in [1.807, 2.05) is 30.3 Å². The van der Waals surface area contributed by atoms with Crippen molar-refractivity contribution in [3.05, 3.63) is 41.5 Å². The molecule has 1 aliphatic carbocycles. The minimum Gasteiger partial charge on any atom is -0.496 e. The van der Waals surface area contributed by atoms with Gasteiger partial charge in [-0.25, -0.2) is 0 Å². The van der Waals surface area contributed by atoms with E-state index < -0.39 is 0 Å². The number of fused-ring (bicyclic) bond motifs is 1. The summed E-state index contributed by atoms with van der Waals surface area (Å²) in [5, 5.41) is 0. The zero-order valence-electron chi connectivity index (χ0n) is 11.5. The van der Waals surface area contributed by atoms with E-state index in [1.165, 1.54) is 0 Å².